The number of furan rings is 1. The second kappa shape index (κ2) is 8.63. The number of hydrogen-bond acceptors (Lipinski definition) is 7. The first-order chi connectivity index (χ1) is 13.5. The lowest BCUT2D eigenvalue weighted by molar-refractivity contribution is -0.384. The van der Waals surface area contributed by atoms with Crippen molar-refractivity contribution in [3.05, 3.63) is 46.2 Å². The highest BCUT2D eigenvalue weighted by atomic mass is 16.6. The van der Waals surface area contributed by atoms with Crippen LogP contribution >= 0.6 is 0 Å². The van der Waals surface area contributed by atoms with E-state index in [0.717, 1.165) is 0 Å². The molecular formula is C19H22N2O8. The van der Waals surface area contributed by atoms with E-state index in [4.69, 9.17) is 13.9 Å². The Morgan fingerprint density at radius 2 is 1.97 bits per heavy atom. The van der Waals surface area contributed by atoms with E-state index >= 15 is 0 Å². The Bertz CT molecular complexity index is 913. The molecule has 0 saturated heterocycles. The fraction of sp³-hybridized carbons (Fsp3) is 0.368. The number of rotatable bonds is 7. The monoisotopic (exact) mass is 406 g/mol. The van der Waals surface area contributed by atoms with Crippen molar-refractivity contribution < 1.29 is 33.5 Å². The minimum atomic E-state index is -1.26. The second-order valence-corrected chi connectivity index (χ2v) is 7.15. The normalized spacial score (nSPS) is 12.1. The van der Waals surface area contributed by atoms with Crippen LogP contribution < -0.4 is 10.1 Å². The van der Waals surface area contributed by atoms with Crippen LogP contribution in [0.15, 0.2) is 34.7 Å². The lowest BCUT2D eigenvalue weighted by atomic mass is 10.1. The Hall–Kier alpha value is -3.56. The van der Waals surface area contributed by atoms with Crippen LogP contribution in [0.3, 0.4) is 0 Å². The van der Waals surface area contributed by atoms with Gasteiger partial charge in [0.25, 0.3) is 5.69 Å². The molecule has 10 heteroatoms. The summed E-state index contributed by atoms with van der Waals surface area (Å²) < 4.78 is 15.9. The summed E-state index contributed by atoms with van der Waals surface area (Å²) in [6.07, 6.45) is -0.974. The van der Waals surface area contributed by atoms with E-state index < -0.39 is 28.6 Å². The molecule has 0 aliphatic heterocycles. The summed E-state index contributed by atoms with van der Waals surface area (Å²) in [5.74, 6) is -0.375. The zero-order valence-corrected chi connectivity index (χ0v) is 16.4. The number of amides is 1. The molecule has 1 aromatic carbocycles. The van der Waals surface area contributed by atoms with E-state index in [-0.39, 0.29) is 17.9 Å². The average molecular weight is 406 g/mol. The third-order valence-electron chi connectivity index (χ3n) is 3.72. The molecule has 10 nitrogen and oxygen atoms in total. The van der Waals surface area contributed by atoms with Crippen LogP contribution in [-0.2, 0) is 16.0 Å². The summed E-state index contributed by atoms with van der Waals surface area (Å²) in [6.45, 7) is 5.00. The number of nitrogens with zero attached hydrogens (tertiary/aromatic N) is 1. The molecule has 0 fully saturated rings. The Morgan fingerprint density at radius 3 is 2.52 bits per heavy atom. The number of alkyl carbamates (subject to hydrolysis) is 1. The summed E-state index contributed by atoms with van der Waals surface area (Å²) in [7, 11) is 1.37. The third kappa shape index (κ3) is 5.96. The van der Waals surface area contributed by atoms with Crippen molar-refractivity contribution in [3.63, 3.8) is 0 Å². The van der Waals surface area contributed by atoms with Gasteiger partial charge in [0.1, 0.15) is 28.9 Å². The molecule has 2 aromatic rings. The number of carboxylic acids is 1. The third-order valence-corrected chi connectivity index (χ3v) is 3.72. The van der Waals surface area contributed by atoms with E-state index in [1.807, 2.05) is 0 Å². The zero-order chi connectivity index (χ0) is 21.8. The standard InChI is InChI=1S/C19H22N2O8/c1-19(2,3)29-18(24)20-14(17(22)23)10-12-6-8-15(28-12)13-7-5-11(21(25)26)9-16(13)27-4/h5-9,14H,10H2,1-4H3,(H,20,24)(H,22,23). The molecule has 1 aromatic heterocycles. The number of methoxy groups -OCH3 is 1. The maximum atomic E-state index is 11.9. The van der Waals surface area contributed by atoms with Gasteiger partial charge in [-0.05, 0) is 39.0 Å². The highest BCUT2D eigenvalue weighted by Crippen LogP contribution is 2.34. The van der Waals surface area contributed by atoms with Gasteiger partial charge in [0.2, 0.25) is 0 Å². The van der Waals surface area contributed by atoms with E-state index in [9.17, 15) is 24.8 Å². The smallest absolute Gasteiger partial charge is 0.408 e. The first kappa shape index (κ1) is 21.7. The molecule has 0 spiro atoms. The van der Waals surface area contributed by atoms with Gasteiger partial charge in [-0.25, -0.2) is 9.59 Å². The summed E-state index contributed by atoms with van der Waals surface area (Å²) >= 11 is 0. The number of hydrogen-bond donors (Lipinski definition) is 2. The van der Waals surface area contributed by atoms with Crippen molar-refractivity contribution in [1.29, 1.82) is 0 Å². The number of non-ortho nitro benzene ring substituents is 1. The van der Waals surface area contributed by atoms with Crippen LogP contribution in [-0.4, -0.2) is 40.8 Å². The van der Waals surface area contributed by atoms with Crippen molar-refractivity contribution >= 4 is 17.7 Å². The van der Waals surface area contributed by atoms with Crippen LogP contribution in [0.5, 0.6) is 5.75 Å². The molecule has 0 aliphatic rings. The lowest BCUT2D eigenvalue weighted by Crippen LogP contribution is -2.44. The van der Waals surface area contributed by atoms with Crippen LogP contribution in [0, 0.1) is 10.1 Å². The molecule has 0 bridgehead atoms. The van der Waals surface area contributed by atoms with Crippen molar-refractivity contribution in [2.75, 3.05) is 7.11 Å². The summed E-state index contributed by atoms with van der Waals surface area (Å²) in [6, 6.07) is 5.94. The predicted octanol–water partition coefficient (Wildman–Crippen LogP) is 3.38. The molecule has 1 atom stereocenters. The Morgan fingerprint density at radius 1 is 1.28 bits per heavy atom. The molecule has 2 rings (SSSR count). The van der Waals surface area contributed by atoms with Gasteiger partial charge >= 0.3 is 12.1 Å². The van der Waals surface area contributed by atoms with E-state index in [2.05, 4.69) is 5.32 Å². The quantitative estimate of drug-likeness (QED) is 0.526. The van der Waals surface area contributed by atoms with Gasteiger partial charge in [-0.1, -0.05) is 0 Å². The molecule has 1 heterocycles. The summed E-state index contributed by atoms with van der Waals surface area (Å²) in [4.78, 5) is 33.7. The molecule has 2 N–H and O–H groups in total. The van der Waals surface area contributed by atoms with Crippen LogP contribution in [0.25, 0.3) is 11.3 Å². The van der Waals surface area contributed by atoms with Crippen molar-refractivity contribution in [1.82, 2.24) is 5.32 Å². The van der Waals surface area contributed by atoms with E-state index in [0.29, 0.717) is 17.1 Å². The fourth-order valence-electron chi connectivity index (χ4n) is 2.48. The molecule has 29 heavy (non-hydrogen) atoms. The van der Waals surface area contributed by atoms with Crippen molar-refractivity contribution in [2.45, 2.75) is 38.8 Å². The number of nitro benzene ring substituents is 1. The summed E-state index contributed by atoms with van der Waals surface area (Å²) in [5, 5.41) is 22.6. The Balaban J connectivity index is 2.19. The van der Waals surface area contributed by atoms with E-state index in [1.54, 1.807) is 32.9 Å². The Labute approximate surface area is 166 Å². The number of aliphatic carboxylic acids is 1. The second-order valence-electron chi connectivity index (χ2n) is 7.15. The minimum absolute atomic E-state index is 0.121. The topological polar surface area (TPSA) is 141 Å². The molecule has 156 valence electrons. The number of nitrogens with one attached hydrogen (secondary N) is 1. The highest BCUT2D eigenvalue weighted by Gasteiger charge is 2.25. The highest BCUT2D eigenvalue weighted by molar-refractivity contribution is 5.80. The molecule has 0 aliphatic carbocycles. The molecule has 1 amide bonds. The number of benzene rings is 1. The number of carbonyl (C=O) groups excluding carboxylic acids is 1. The molecular weight excluding hydrogens is 384 g/mol. The lowest BCUT2D eigenvalue weighted by Gasteiger charge is -2.21. The van der Waals surface area contributed by atoms with Crippen LogP contribution in [0.1, 0.15) is 26.5 Å². The van der Waals surface area contributed by atoms with Gasteiger partial charge in [-0.3, -0.25) is 10.1 Å². The average Bonchev–Trinajstić information content (AvgIpc) is 3.07. The maximum Gasteiger partial charge on any atom is 0.408 e. The van der Waals surface area contributed by atoms with E-state index in [1.165, 1.54) is 25.3 Å². The maximum absolute atomic E-state index is 11.9. The van der Waals surface area contributed by atoms with Gasteiger partial charge in [-0.15, -0.1) is 0 Å². The summed E-state index contributed by atoms with van der Waals surface area (Å²) in [5.41, 5.74) is -0.432. The van der Waals surface area contributed by atoms with Gasteiger partial charge in [-0.2, -0.15) is 0 Å². The zero-order valence-electron chi connectivity index (χ0n) is 16.4. The first-order valence-electron chi connectivity index (χ1n) is 8.64. The number of carbonyl (C=O) groups is 2. The fourth-order valence-corrected chi connectivity index (χ4v) is 2.48. The van der Waals surface area contributed by atoms with Gasteiger partial charge in [0, 0.05) is 12.5 Å². The van der Waals surface area contributed by atoms with Crippen molar-refractivity contribution in [3.8, 4) is 17.1 Å². The SMILES string of the molecule is COc1cc([N+](=O)[O-])ccc1-c1ccc(CC(NC(=O)OC(C)(C)C)C(=O)O)o1. The number of nitro groups is 1. The largest absolute Gasteiger partial charge is 0.496 e. The Kier molecular flexibility index (Phi) is 6.47. The van der Waals surface area contributed by atoms with Gasteiger partial charge in [0.05, 0.1) is 23.7 Å². The first-order valence-corrected chi connectivity index (χ1v) is 8.64. The molecule has 1 unspecified atom stereocenters. The minimum Gasteiger partial charge on any atom is -0.496 e. The van der Waals surface area contributed by atoms with Crippen LogP contribution in [0.2, 0.25) is 0 Å². The van der Waals surface area contributed by atoms with Gasteiger partial charge < -0.3 is 24.3 Å². The number of ether oxygens (including phenoxy) is 2. The van der Waals surface area contributed by atoms with Crippen molar-refractivity contribution in [2.24, 2.45) is 0 Å². The van der Waals surface area contributed by atoms with Gasteiger partial charge in [0.15, 0.2) is 0 Å². The van der Waals surface area contributed by atoms with Crippen LogP contribution in [0.4, 0.5) is 10.5 Å². The number of carboxylic acid groups (broad SMARTS) is 1. The molecule has 0 radical (unpaired) electrons. The predicted molar refractivity (Wildman–Crippen MR) is 102 cm³/mol. The molecule has 0 saturated carbocycles.